The van der Waals surface area contributed by atoms with E-state index in [9.17, 15) is 0 Å². The molecule has 5 heteroatoms. The van der Waals surface area contributed by atoms with E-state index in [1.807, 2.05) is 18.7 Å². The Morgan fingerprint density at radius 1 is 1.24 bits per heavy atom. The first-order chi connectivity index (χ1) is 10.1. The number of methoxy groups -OCH3 is 1. The molecule has 0 aliphatic rings. The summed E-state index contributed by atoms with van der Waals surface area (Å²) in [4.78, 5) is 2.50. The van der Waals surface area contributed by atoms with E-state index in [-0.39, 0.29) is 6.04 Å². The van der Waals surface area contributed by atoms with Gasteiger partial charge in [-0.05, 0) is 32.9 Å². The number of hydrogen-bond acceptors (Lipinski definition) is 4. The molecule has 0 radical (unpaired) electrons. The molecule has 1 rings (SSSR count). The second-order valence-electron chi connectivity index (χ2n) is 5.63. The molecule has 0 saturated carbocycles. The van der Waals surface area contributed by atoms with Crippen LogP contribution in [-0.2, 0) is 7.05 Å². The highest BCUT2D eigenvalue weighted by atomic mass is 16.5. The van der Waals surface area contributed by atoms with Crippen molar-refractivity contribution >= 4 is 0 Å². The van der Waals surface area contributed by atoms with Crippen LogP contribution >= 0.6 is 0 Å². The van der Waals surface area contributed by atoms with Gasteiger partial charge in [0.15, 0.2) is 0 Å². The van der Waals surface area contributed by atoms with Gasteiger partial charge in [0.1, 0.15) is 0 Å². The number of aromatic nitrogens is 2. The number of aryl methyl sites for hydroxylation is 2. The minimum absolute atomic E-state index is 0.187. The zero-order valence-electron chi connectivity index (χ0n) is 14.4. The van der Waals surface area contributed by atoms with E-state index in [0.717, 1.165) is 30.2 Å². The van der Waals surface area contributed by atoms with Crippen molar-refractivity contribution in [2.75, 3.05) is 26.7 Å². The number of nitrogens with two attached hydrogens (primary N) is 1. The maximum absolute atomic E-state index is 6.12. The maximum atomic E-state index is 6.12. The van der Waals surface area contributed by atoms with Crippen molar-refractivity contribution < 1.29 is 4.74 Å². The molecule has 0 bridgehead atoms. The summed E-state index contributed by atoms with van der Waals surface area (Å²) in [6.45, 7) is 9.25. The van der Waals surface area contributed by atoms with Gasteiger partial charge < -0.3 is 10.5 Å². The van der Waals surface area contributed by atoms with Crippen LogP contribution in [0.15, 0.2) is 0 Å². The Morgan fingerprint density at radius 2 is 1.81 bits per heavy atom. The van der Waals surface area contributed by atoms with Gasteiger partial charge in [-0.25, -0.2) is 4.68 Å². The Labute approximate surface area is 129 Å². The third-order valence-electron chi connectivity index (χ3n) is 4.00. The Bertz CT molecular complexity index is 409. The van der Waals surface area contributed by atoms with E-state index in [4.69, 9.17) is 10.5 Å². The van der Waals surface area contributed by atoms with E-state index in [0.29, 0.717) is 6.54 Å². The predicted octanol–water partition coefficient (Wildman–Crippen LogP) is 2.64. The van der Waals surface area contributed by atoms with Gasteiger partial charge in [0, 0.05) is 13.6 Å². The molecular formula is C16H32N4O. The second kappa shape index (κ2) is 9.05. The lowest BCUT2D eigenvalue weighted by atomic mass is 10.0. The van der Waals surface area contributed by atoms with Crippen molar-refractivity contribution in [2.24, 2.45) is 12.8 Å². The van der Waals surface area contributed by atoms with Gasteiger partial charge in [-0.2, -0.15) is 5.10 Å². The minimum Gasteiger partial charge on any atom is -0.481 e. The van der Waals surface area contributed by atoms with Gasteiger partial charge in [0.05, 0.1) is 24.4 Å². The van der Waals surface area contributed by atoms with E-state index in [2.05, 4.69) is 23.8 Å². The highest BCUT2D eigenvalue weighted by Gasteiger charge is 2.26. The molecule has 0 saturated heterocycles. The molecule has 0 aromatic carbocycles. The molecule has 2 N–H and O–H groups in total. The van der Waals surface area contributed by atoms with Gasteiger partial charge in [-0.3, -0.25) is 4.90 Å². The third kappa shape index (κ3) is 4.45. The van der Waals surface area contributed by atoms with E-state index in [1.54, 1.807) is 7.11 Å². The summed E-state index contributed by atoms with van der Waals surface area (Å²) in [7, 11) is 3.63. The monoisotopic (exact) mass is 296 g/mol. The number of ether oxygens (including phenoxy) is 1. The summed E-state index contributed by atoms with van der Waals surface area (Å²) in [5, 5.41) is 4.50. The zero-order chi connectivity index (χ0) is 15.8. The molecule has 0 spiro atoms. The van der Waals surface area contributed by atoms with Crippen molar-refractivity contribution in [1.82, 2.24) is 14.7 Å². The summed E-state index contributed by atoms with van der Waals surface area (Å²) < 4.78 is 7.37. The van der Waals surface area contributed by atoms with Gasteiger partial charge in [0.2, 0.25) is 5.88 Å². The average molecular weight is 296 g/mol. The Morgan fingerprint density at radius 3 is 2.24 bits per heavy atom. The number of hydrogen-bond donors (Lipinski definition) is 1. The van der Waals surface area contributed by atoms with Gasteiger partial charge in [0.25, 0.3) is 0 Å². The third-order valence-corrected chi connectivity index (χ3v) is 4.00. The van der Waals surface area contributed by atoms with Crippen LogP contribution in [-0.4, -0.2) is 41.4 Å². The first-order valence-corrected chi connectivity index (χ1v) is 8.12. The van der Waals surface area contributed by atoms with Crippen molar-refractivity contribution in [3.8, 4) is 5.88 Å². The fourth-order valence-corrected chi connectivity index (χ4v) is 2.87. The second-order valence-corrected chi connectivity index (χ2v) is 5.63. The molecular weight excluding hydrogens is 264 g/mol. The van der Waals surface area contributed by atoms with Crippen LogP contribution < -0.4 is 10.5 Å². The summed E-state index contributed by atoms with van der Waals surface area (Å²) in [5.41, 5.74) is 8.28. The first kappa shape index (κ1) is 18.0. The van der Waals surface area contributed by atoms with Crippen molar-refractivity contribution in [3.63, 3.8) is 0 Å². The predicted molar refractivity (Wildman–Crippen MR) is 87.7 cm³/mol. The lowest BCUT2D eigenvalue weighted by Crippen LogP contribution is -2.35. The average Bonchev–Trinajstić information content (AvgIpc) is 2.76. The fraction of sp³-hybridized carbons (Fsp3) is 0.812. The standard InChI is InChI=1S/C16H32N4O/c1-6-8-10-20(11-9-7-2)14(12-17)15-13(3)18-19(4)16(15)21-5/h14H,6-12,17H2,1-5H3. The number of rotatable bonds is 10. The Balaban J connectivity index is 3.06. The normalized spacial score (nSPS) is 12.9. The molecule has 1 unspecified atom stereocenters. The quantitative estimate of drug-likeness (QED) is 0.721. The van der Waals surface area contributed by atoms with Crippen LogP contribution in [0.2, 0.25) is 0 Å². The highest BCUT2D eigenvalue weighted by molar-refractivity contribution is 5.34. The summed E-state index contributed by atoms with van der Waals surface area (Å²) >= 11 is 0. The van der Waals surface area contributed by atoms with Gasteiger partial charge in [-0.15, -0.1) is 0 Å². The molecule has 0 fully saturated rings. The topological polar surface area (TPSA) is 56.3 Å². The molecule has 0 aliphatic heterocycles. The Kier molecular flexibility index (Phi) is 7.75. The first-order valence-electron chi connectivity index (χ1n) is 8.12. The fourth-order valence-electron chi connectivity index (χ4n) is 2.87. The zero-order valence-corrected chi connectivity index (χ0v) is 14.4. The number of unbranched alkanes of at least 4 members (excludes halogenated alkanes) is 2. The van der Waals surface area contributed by atoms with Crippen LogP contribution in [0.3, 0.4) is 0 Å². The van der Waals surface area contributed by atoms with Gasteiger partial charge in [-0.1, -0.05) is 26.7 Å². The molecule has 0 amide bonds. The summed E-state index contributed by atoms with van der Waals surface area (Å²) in [5.74, 6) is 0.834. The van der Waals surface area contributed by atoms with Crippen LogP contribution in [0.1, 0.15) is 56.8 Å². The molecule has 5 nitrogen and oxygen atoms in total. The largest absolute Gasteiger partial charge is 0.481 e. The van der Waals surface area contributed by atoms with Crippen molar-refractivity contribution in [3.05, 3.63) is 11.3 Å². The minimum atomic E-state index is 0.187. The summed E-state index contributed by atoms with van der Waals surface area (Å²) in [6.07, 6.45) is 4.79. The maximum Gasteiger partial charge on any atom is 0.216 e. The SMILES string of the molecule is CCCCN(CCCC)C(CN)c1c(C)nn(C)c1OC. The lowest BCUT2D eigenvalue weighted by molar-refractivity contribution is 0.191. The molecule has 1 atom stereocenters. The Hall–Kier alpha value is -1.07. The molecule has 21 heavy (non-hydrogen) atoms. The molecule has 122 valence electrons. The van der Waals surface area contributed by atoms with E-state index < -0.39 is 0 Å². The van der Waals surface area contributed by atoms with E-state index in [1.165, 1.54) is 25.7 Å². The molecule has 1 heterocycles. The number of nitrogens with zero attached hydrogens (tertiary/aromatic N) is 3. The summed E-state index contributed by atoms with van der Waals surface area (Å²) in [6, 6.07) is 0.187. The van der Waals surface area contributed by atoms with E-state index >= 15 is 0 Å². The lowest BCUT2D eigenvalue weighted by Gasteiger charge is -2.31. The van der Waals surface area contributed by atoms with Gasteiger partial charge >= 0.3 is 0 Å². The van der Waals surface area contributed by atoms with Crippen LogP contribution in [0.25, 0.3) is 0 Å². The smallest absolute Gasteiger partial charge is 0.216 e. The van der Waals surface area contributed by atoms with Crippen LogP contribution in [0.4, 0.5) is 0 Å². The molecule has 0 aliphatic carbocycles. The van der Waals surface area contributed by atoms with Crippen LogP contribution in [0.5, 0.6) is 5.88 Å². The van der Waals surface area contributed by atoms with Crippen LogP contribution in [0, 0.1) is 6.92 Å². The molecule has 1 aromatic rings. The molecule has 1 aromatic heterocycles. The van der Waals surface area contributed by atoms with Crippen molar-refractivity contribution in [2.45, 2.75) is 52.5 Å². The van der Waals surface area contributed by atoms with Crippen molar-refractivity contribution in [1.29, 1.82) is 0 Å². The highest BCUT2D eigenvalue weighted by Crippen LogP contribution is 2.31.